The van der Waals surface area contributed by atoms with Gasteiger partial charge in [-0.3, -0.25) is 9.59 Å². The summed E-state index contributed by atoms with van der Waals surface area (Å²) in [5.41, 5.74) is 1.61. The molecule has 1 heterocycles. The number of hydrogen-bond donors (Lipinski definition) is 0. The van der Waals surface area contributed by atoms with E-state index in [0.717, 1.165) is 9.80 Å². The Morgan fingerprint density at radius 2 is 1.33 bits per heavy atom. The minimum Gasteiger partial charge on any atom is -0.493 e. The topological polar surface area (TPSA) is 76.2 Å². The van der Waals surface area contributed by atoms with Crippen LogP contribution >= 0.6 is 0 Å². The predicted octanol–water partition coefficient (Wildman–Crippen LogP) is 6.00. The SMILES string of the molecule is COc1cc(C=C2C(=O)N(c3ccccc3)C(=O)N(c3ccccc3)C2=O)ccc1OCc1cccc(F)c1. The molecule has 4 aromatic rings. The maximum Gasteiger partial charge on any atom is 0.343 e. The molecule has 0 aliphatic carbocycles. The van der Waals surface area contributed by atoms with Crippen molar-refractivity contribution >= 4 is 35.3 Å². The molecule has 0 saturated carbocycles. The van der Waals surface area contributed by atoms with Crippen molar-refractivity contribution in [2.45, 2.75) is 6.61 Å². The van der Waals surface area contributed by atoms with E-state index in [1.165, 1.54) is 25.3 Å². The second-order valence-electron chi connectivity index (χ2n) is 8.62. The quantitative estimate of drug-likeness (QED) is 0.220. The molecule has 5 rings (SSSR count). The monoisotopic (exact) mass is 522 g/mol. The van der Waals surface area contributed by atoms with Gasteiger partial charge in [-0.05, 0) is 65.7 Å². The zero-order valence-electron chi connectivity index (χ0n) is 20.9. The molecular formula is C31H23FN2O5. The van der Waals surface area contributed by atoms with Crippen LogP contribution in [0, 0.1) is 5.82 Å². The lowest BCUT2D eigenvalue weighted by Gasteiger charge is -2.33. The van der Waals surface area contributed by atoms with Crippen LogP contribution in [0.4, 0.5) is 20.6 Å². The van der Waals surface area contributed by atoms with Crippen molar-refractivity contribution in [3.63, 3.8) is 0 Å². The van der Waals surface area contributed by atoms with Gasteiger partial charge in [0.15, 0.2) is 11.5 Å². The summed E-state index contributed by atoms with van der Waals surface area (Å²) in [6.45, 7) is 0.117. The van der Waals surface area contributed by atoms with Crippen LogP contribution in [-0.4, -0.2) is 25.0 Å². The first-order valence-corrected chi connectivity index (χ1v) is 12.1. The van der Waals surface area contributed by atoms with E-state index in [2.05, 4.69) is 0 Å². The van der Waals surface area contributed by atoms with Crippen LogP contribution in [0.25, 0.3) is 6.08 Å². The number of nitrogens with zero attached hydrogens (tertiary/aromatic N) is 2. The summed E-state index contributed by atoms with van der Waals surface area (Å²) in [5.74, 6) is -1.09. The number of urea groups is 1. The van der Waals surface area contributed by atoms with Crippen LogP contribution in [0.1, 0.15) is 11.1 Å². The molecule has 1 aliphatic rings. The Kier molecular flexibility index (Phi) is 7.18. The van der Waals surface area contributed by atoms with Crippen molar-refractivity contribution < 1.29 is 28.2 Å². The van der Waals surface area contributed by atoms with Crippen molar-refractivity contribution in [2.24, 2.45) is 0 Å². The molecule has 0 aromatic heterocycles. The van der Waals surface area contributed by atoms with Crippen LogP contribution in [0.15, 0.2) is 109 Å². The van der Waals surface area contributed by atoms with E-state index in [-0.39, 0.29) is 18.0 Å². The number of carbonyl (C=O) groups is 3. The molecule has 1 saturated heterocycles. The summed E-state index contributed by atoms with van der Waals surface area (Å²) >= 11 is 0. The maximum absolute atomic E-state index is 13.5. The van der Waals surface area contributed by atoms with E-state index in [0.29, 0.717) is 34.0 Å². The summed E-state index contributed by atoms with van der Waals surface area (Å²) in [6.07, 6.45) is 1.42. The number of hydrogen-bond acceptors (Lipinski definition) is 5. The average molecular weight is 523 g/mol. The molecule has 0 radical (unpaired) electrons. The summed E-state index contributed by atoms with van der Waals surface area (Å²) in [7, 11) is 1.46. The average Bonchev–Trinajstić information content (AvgIpc) is 2.95. The number of carbonyl (C=O) groups excluding carboxylic acids is 3. The first-order valence-electron chi connectivity index (χ1n) is 12.1. The van der Waals surface area contributed by atoms with E-state index >= 15 is 0 Å². The molecule has 1 fully saturated rings. The third kappa shape index (κ3) is 5.26. The number of para-hydroxylation sites is 2. The van der Waals surface area contributed by atoms with E-state index in [1.807, 2.05) is 0 Å². The van der Waals surface area contributed by atoms with E-state index in [9.17, 15) is 18.8 Å². The Labute approximate surface area is 224 Å². The van der Waals surface area contributed by atoms with Gasteiger partial charge in [-0.1, -0.05) is 54.6 Å². The number of anilines is 2. The molecule has 0 bridgehead atoms. The van der Waals surface area contributed by atoms with Crippen LogP contribution in [0.2, 0.25) is 0 Å². The van der Waals surface area contributed by atoms with Gasteiger partial charge in [0.2, 0.25) is 0 Å². The van der Waals surface area contributed by atoms with Gasteiger partial charge in [-0.25, -0.2) is 19.0 Å². The van der Waals surface area contributed by atoms with Gasteiger partial charge < -0.3 is 9.47 Å². The highest BCUT2D eigenvalue weighted by molar-refractivity contribution is 6.46. The van der Waals surface area contributed by atoms with E-state index < -0.39 is 17.8 Å². The number of ether oxygens (including phenoxy) is 2. The third-order valence-corrected chi connectivity index (χ3v) is 6.06. The van der Waals surface area contributed by atoms with Crippen LogP contribution in [0.3, 0.4) is 0 Å². The fraction of sp³-hybridized carbons (Fsp3) is 0.0645. The number of barbiturate groups is 1. The van der Waals surface area contributed by atoms with Gasteiger partial charge in [0, 0.05) is 0 Å². The first-order chi connectivity index (χ1) is 19.0. The summed E-state index contributed by atoms with van der Waals surface area (Å²) in [6, 6.07) is 27.1. The minimum absolute atomic E-state index is 0.117. The van der Waals surface area contributed by atoms with Gasteiger partial charge in [0.1, 0.15) is 18.0 Å². The third-order valence-electron chi connectivity index (χ3n) is 6.06. The zero-order valence-corrected chi connectivity index (χ0v) is 20.9. The molecule has 8 heteroatoms. The summed E-state index contributed by atoms with van der Waals surface area (Å²) in [4.78, 5) is 42.5. The number of amides is 4. The predicted molar refractivity (Wildman–Crippen MR) is 145 cm³/mol. The Hall–Kier alpha value is -5.24. The van der Waals surface area contributed by atoms with Crippen LogP contribution in [-0.2, 0) is 16.2 Å². The van der Waals surface area contributed by atoms with Gasteiger partial charge in [-0.2, -0.15) is 0 Å². The molecule has 0 spiro atoms. The van der Waals surface area contributed by atoms with Gasteiger partial charge >= 0.3 is 6.03 Å². The van der Waals surface area contributed by atoms with Gasteiger partial charge in [0.25, 0.3) is 11.8 Å². The van der Waals surface area contributed by atoms with Crippen molar-refractivity contribution in [3.05, 3.63) is 126 Å². The Balaban J connectivity index is 1.50. The highest BCUT2D eigenvalue weighted by atomic mass is 19.1. The first kappa shape index (κ1) is 25.4. The minimum atomic E-state index is -0.766. The largest absolute Gasteiger partial charge is 0.493 e. The van der Waals surface area contributed by atoms with Crippen molar-refractivity contribution in [1.29, 1.82) is 0 Å². The fourth-order valence-corrected chi connectivity index (χ4v) is 4.19. The Bertz CT molecular complexity index is 1510. The number of benzene rings is 4. The van der Waals surface area contributed by atoms with E-state index in [4.69, 9.17) is 9.47 Å². The normalized spacial score (nSPS) is 13.5. The van der Waals surface area contributed by atoms with Gasteiger partial charge in [-0.15, -0.1) is 0 Å². The lowest BCUT2D eigenvalue weighted by atomic mass is 10.0. The fourth-order valence-electron chi connectivity index (χ4n) is 4.19. The lowest BCUT2D eigenvalue weighted by Crippen LogP contribution is -2.57. The maximum atomic E-state index is 13.5. The second kappa shape index (κ2) is 11.0. The molecule has 39 heavy (non-hydrogen) atoms. The number of rotatable bonds is 7. The molecule has 1 aliphatic heterocycles. The van der Waals surface area contributed by atoms with Crippen molar-refractivity contribution in [1.82, 2.24) is 0 Å². The van der Waals surface area contributed by atoms with Crippen LogP contribution < -0.4 is 19.3 Å². The highest BCUT2D eigenvalue weighted by Crippen LogP contribution is 2.32. The molecular weight excluding hydrogens is 499 g/mol. The standard InChI is InChI=1S/C31H23FN2O5/c1-38-28-19-21(15-16-27(28)39-20-22-9-8-10-23(32)17-22)18-26-29(35)33(24-11-4-2-5-12-24)31(37)34(30(26)36)25-13-6-3-7-14-25/h2-19H,20H2,1H3. The van der Waals surface area contributed by atoms with Crippen molar-refractivity contribution in [2.75, 3.05) is 16.9 Å². The molecule has 0 unspecified atom stereocenters. The smallest absolute Gasteiger partial charge is 0.343 e. The Morgan fingerprint density at radius 3 is 1.90 bits per heavy atom. The molecule has 194 valence electrons. The van der Waals surface area contributed by atoms with Crippen LogP contribution in [0.5, 0.6) is 11.5 Å². The molecule has 4 amide bonds. The summed E-state index contributed by atoms with van der Waals surface area (Å²) < 4.78 is 24.8. The Morgan fingerprint density at radius 1 is 0.718 bits per heavy atom. The molecule has 4 aromatic carbocycles. The molecule has 0 atom stereocenters. The molecule has 7 nitrogen and oxygen atoms in total. The lowest BCUT2D eigenvalue weighted by molar-refractivity contribution is -0.121. The highest BCUT2D eigenvalue weighted by Gasteiger charge is 2.43. The van der Waals surface area contributed by atoms with Crippen molar-refractivity contribution in [3.8, 4) is 11.5 Å². The summed E-state index contributed by atoms with van der Waals surface area (Å²) in [5, 5.41) is 0. The van der Waals surface area contributed by atoms with Gasteiger partial charge in [0.05, 0.1) is 18.5 Å². The second-order valence-corrected chi connectivity index (χ2v) is 8.62. The number of methoxy groups -OCH3 is 1. The number of halogens is 1. The zero-order chi connectivity index (χ0) is 27.4. The number of imide groups is 2. The van der Waals surface area contributed by atoms with E-state index in [1.54, 1.807) is 91.0 Å². The molecule has 0 N–H and O–H groups in total.